The van der Waals surface area contributed by atoms with Gasteiger partial charge in [0, 0.05) is 10.9 Å². The lowest BCUT2D eigenvalue weighted by Crippen LogP contribution is -2.62. The highest BCUT2D eigenvalue weighted by molar-refractivity contribution is 7.89. The minimum absolute atomic E-state index is 0.396. The normalized spacial score (nSPS) is 14.5. The smallest absolute Gasteiger partial charge is 0.299 e. The molecule has 0 aliphatic carbocycles. The van der Waals surface area contributed by atoms with Crippen molar-refractivity contribution in [2.45, 2.75) is 56.0 Å². The van der Waals surface area contributed by atoms with Gasteiger partial charge in [0.1, 0.15) is 17.8 Å². The molecule has 0 bridgehead atoms. The minimum Gasteiger partial charge on any atom is -0.299 e. The van der Waals surface area contributed by atoms with Crippen LogP contribution in [0.1, 0.15) is 26.7 Å². The van der Waals surface area contributed by atoms with E-state index in [4.69, 9.17) is 0 Å². The maximum absolute atomic E-state index is 13.4. The van der Waals surface area contributed by atoms with Crippen LogP contribution in [0.25, 0.3) is 11.3 Å². The summed E-state index contributed by atoms with van der Waals surface area (Å²) in [5.41, 5.74) is 2.45. The zero-order valence-corrected chi connectivity index (χ0v) is 18.7. The zero-order valence-electron chi connectivity index (χ0n) is 17.1. The summed E-state index contributed by atoms with van der Waals surface area (Å²) in [7, 11) is -4.51. The van der Waals surface area contributed by atoms with Crippen LogP contribution in [0.3, 0.4) is 0 Å². The fraction of sp³-hybridized carbons (Fsp3) is 0.471. The summed E-state index contributed by atoms with van der Waals surface area (Å²) in [6.45, 7) is 1.93. The third kappa shape index (κ3) is 6.54. The Labute approximate surface area is 189 Å². The first-order chi connectivity index (χ1) is 15.2. The summed E-state index contributed by atoms with van der Waals surface area (Å²) in [5, 5.41) is 5.41. The van der Waals surface area contributed by atoms with Crippen LogP contribution in [0.5, 0.6) is 0 Å². The van der Waals surface area contributed by atoms with Crippen molar-refractivity contribution in [2.24, 2.45) is 0 Å². The molecule has 0 saturated carbocycles. The predicted octanol–water partition coefficient (Wildman–Crippen LogP) is 4.09. The molecule has 0 radical (unpaired) electrons. The van der Waals surface area contributed by atoms with Crippen LogP contribution in [-0.4, -0.2) is 53.4 Å². The molecule has 0 fully saturated rings. The Bertz CT molecular complexity index is 1000. The summed E-state index contributed by atoms with van der Waals surface area (Å²) in [5.74, 6) is 0. The molecular weight excluding hydrogens is 500 g/mol. The number of amides is 2. The lowest BCUT2D eigenvalue weighted by Gasteiger charge is -2.38. The Morgan fingerprint density at radius 3 is 1.94 bits per heavy atom. The monoisotopic (exact) mass is 519 g/mol. The molecule has 1 aromatic heterocycles. The lowest BCUT2D eigenvalue weighted by atomic mass is 10.1. The number of hydrazine groups is 1. The average Bonchev–Trinajstić information content (AvgIpc) is 3.25. The van der Waals surface area contributed by atoms with Crippen molar-refractivity contribution in [3.05, 3.63) is 29.6 Å². The molecule has 0 saturated heterocycles. The number of urea groups is 1. The van der Waals surface area contributed by atoms with Crippen LogP contribution >= 0.6 is 11.5 Å². The highest BCUT2D eigenvalue weighted by Crippen LogP contribution is 2.35. The van der Waals surface area contributed by atoms with E-state index in [-0.39, 0.29) is 0 Å². The summed E-state index contributed by atoms with van der Waals surface area (Å²) in [6.07, 6.45) is -12.1. The van der Waals surface area contributed by atoms with E-state index >= 15 is 0 Å². The number of carbonyl (C=O) groups excluding carboxylic acids is 1. The van der Waals surface area contributed by atoms with E-state index in [2.05, 4.69) is 9.59 Å². The van der Waals surface area contributed by atoms with Crippen molar-refractivity contribution in [3.8, 4) is 11.3 Å². The second-order valence-corrected chi connectivity index (χ2v) is 8.98. The summed E-state index contributed by atoms with van der Waals surface area (Å²) < 4.78 is 109. The number of sulfonamides is 1. The molecule has 0 aliphatic rings. The largest absolute Gasteiger partial charge is 0.408 e. The zero-order chi connectivity index (χ0) is 25.0. The molecule has 0 spiro atoms. The van der Waals surface area contributed by atoms with Gasteiger partial charge in [-0.05, 0) is 36.5 Å². The number of carbonyl (C=O) groups is 1. The van der Waals surface area contributed by atoms with Crippen LogP contribution in [-0.2, 0) is 10.0 Å². The number of halogens is 6. The number of rotatable bonds is 8. The van der Waals surface area contributed by atoms with Crippen molar-refractivity contribution < 1.29 is 39.6 Å². The van der Waals surface area contributed by atoms with E-state index in [0.29, 0.717) is 11.3 Å². The van der Waals surface area contributed by atoms with Gasteiger partial charge < -0.3 is 0 Å². The molecule has 2 atom stereocenters. The summed E-state index contributed by atoms with van der Waals surface area (Å²) in [6, 6.07) is -2.50. The molecule has 2 aromatic rings. The first-order valence-corrected chi connectivity index (χ1v) is 11.6. The molecule has 184 valence electrons. The molecule has 33 heavy (non-hydrogen) atoms. The van der Waals surface area contributed by atoms with Crippen molar-refractivity contribution in [1.82, 2.24) is 24.7 Å². The average molecular weight is 519 g/mol. The third-order valence-electron chi connectivity index (χ3n) is 4.55. The predicted molar refractivity (Wildman–Crippen MR) is 106 cm³/mol. The van der Waals surface area contributed by atoms with Crippen molar-refractivity contribution in [3.63, 3.8) is 0 Å². The van der Waals surface area contributed by atoms with E-state index in [1.165, 1.54) is 17.6 Å². The highest BCUT2D eigenvalue weighted by atomic mass is 32.2. The van der Waals surface area contributed by atoms with Crippen LogP contribution in [0, 0.1) is 0 Å². The number of benzene rings is 1. The van der Waals surface area contributed by atoms with Crippen LogP contribution in [0.2, 0.25) is 0 Å². The Morgan fingerprint density at radius 1 is 1.03 bits per heavy atom. The second kappa shape index (κ2) is 10.2. The number of aromatic nitrogens is 2. The van der Waals surface area contributed by atoms with Gasteiger partial charge in [-0.2, -0.15) is 26.3 Å². The van der Waals surface area contributed by atoms with Crippen molar-refractivity contribution in [2.75, 3.05) is 0 Å². The van der Waals surface area contributed by atoms with E-state index in [0.717, 1.165) is 37.5 Å². The highest BCUT2D eigenvalue weighted by Gasteiger charge is 2.53. The van der Waals surface area contributed by atoms with Crippen molar-refractivity contribution >= 4 is 27.6 Å². The minimum atomic E-state index is -5.18. The Balaban J connectivity index is 2.26. The van der Waals surface area contributed by atoms with Crippen LogP contribution in [0.15, 0.2) is 34.5 Å². The molecule has 2 rings (SSSR count). The van der Waals surface area contributed by atoms with Gasteiger partial charge in [-0.15, -0.1) is 9.93 Å². The van der Waals surface area contributed by atoms with E-state index in [1.807, 2.05) is 0 Å². The fourth-order valence-corrected chi connectivity index (χ4v) is 4.30. The maximum Gasteiger partial charge on any atom is 0.408 e. The Morgan fingerprint density at radius 2 is 1.55 bits per heavy atom. The Kier molecular flexibility index (Phi) is 8.29. The van der Waals surface area contributed by atoms with E-state index in [1.54, 1.807) is 10.2 Å². The number of alkyl halides is 6. The molecule has 16 heteroatoms. The first kappa shape index (κ1) is 26.8. The Hall–Kier alpha value is -2.46. The van der Waals surface area contributed by atoms with Crippen LogP contribution < -0.4 is 10.3 Å². The molecule has 1 heterocycles. The lowest BCUT2D eigenvalue weighted by molar-refractivity contribution is -0.222. The SMILES string of the molecule is CCC(N(C(=O)NNS(=O)(=O)c1ccc(-c2csnn2)cc1)C(CC)C(F)(F)F)C(F)(F)F. The second-order valence-electron chi connectivity index (χ2n) is 6.69. The van der Waals surface area contributed by atoms with Crippen molar-refractivity contribution in [1.29, 1.82) is 0 Å². The molecule has 2 amide bonds. The molecule has 2 unspecified atom stereocenters. The van der Waals surface area contributed by atoms with Gasteiger partial charge in [-0.1, -0.05) is 30.5 Å². The molecule has 2 N–H and O–H groups in total. The van der Waals surface area contributed by atoms with Gasteiger partial charge in [0.25, 0.3) is 10.0 Å². The number of hydrogen-bond acceptors (Lipinski definition) is 6. The van der Waals surface area contributed by atoms with Gasteiger partial charge in [0.2, 0.25) is 0 Å². The molecule has 0 aliphatic heterocycles. The number of hydrogen-bond donors (Lipinski definition) is 2. The fourth-order valence-electron chi connectivity index (χ4n) is 3.00. The van der Waals surface area contributed by atoms with Crippen LogP contribution in [0.4, 0.5) is 31.1 Å². The summed E-state index contributed by atoms with van der Waals surface area (Å²) >= 11 is 1.07. The topological polar surface area (TPSA) is 104 Å². The van der Waals surface area contributed by atoms with Gasteiger partial charge in [-0.25, -0.2) is 13.2 Å². The number of nitrogens with zero attached hydrogens (tertiary/aromatic N) is 3. The third-order valence-corrected chi connectivity index (χ3v) is 6.32. The first-order valence-electron chi connectivity index (χ1n) is 9.33. The van der Waals surface area contributed by atoms with Gasteiger partial charge in [-0.3, -0.25) is 10.3 Å². The summed E-state index contributed by atoms with van der Waals surface area (Å²) in [4.78, 5) is 13.1. The number of nitrogens with one attached hydrogen (secondary N) is 2. The van der Waals surface area contributed by atoms with Gasteiger partial charge >= 0.3 is 18.4 Å². The van der Waals surface area contributed by atoms with E-state index in [9.17, 15) is 39.6 Å². The van der Waals surface area contributed by atoms with E-state index < -0.39 is 63.1 Å². The standard InChI is InChI=1S/C17H19F6N5O3S2/c1-3-13(16(18,19)20)28(14(4-2)17(21,22)23)15(29)25-27-33(30,31)11-7-5-10(6-8-11)12-9-32-26-24-12/h5-9,13-14,27H,3-4H2,1-2H3,(H,25,29). The maximum atomic E-state index is 13.4. The molecule has 1 aromatic carbocycles. The molecule has 8 nitrogen and oxygen atoms in total. The van der Waals surface area contributed by atoms with Gasteiger partial charge in [0.05, 0.1) is 4.90 Å². The van der Waals surface area contributed by atoms with Gasteiger partial charge in [0.15, 0.2) is 0 Å². The molecular formula is C17H19F6N5O3S2. The quantitative estimate of drug-likeness (QED) is 0.404.